The molecule has 0 aliphatic heterocycles. The second kappa shape index (κ2) is 55.7. The standard InChI is InChI=1S/C62H115NO5/c1-4-7-10-13-16-19-22-25-27-29-30-32-34-37-40-43-46-49-52-55-62(67)68-58(53-50-47-44-41-38-36-33-31-28-26-23-20-17-14-11-8-5-2)56-61(66)63-59(57-64)60(65)54-51-48-45-42-39-35-24-21-18-15-12-9-6-3/h16,19,25-28,30,32,58-60,64-65H,4-15,17-18,20-24,29,31,33-57H2,1-3H3,(H,63,66)/b19-16-,27-25-,28-26+,32-30-. The first kappa shape index (κ1) is 65.8. The van der Waals surface area contributed by atoms with Crippen LogP contribution in [0.1, 0.15) is 310 Å². The van der Waals surface area contributed by atoms with Crippen LogP contribution in [0.5, 0.6) is 0 Å². The van der Waals surface area contributed by atoms with Gasteiger partial charge in [0.05, 0.1) is 25.2 Å². The van der Waals surface area contributed by atoms with Crippen molar-refractivity contribution >= 4 is 11.9 Å². The van der Waals surface area contributed by atoms with Gasteiger partial charge in [-0.05, 0) is 89.9 Å². The molecule has 0 heterocycles. The van der Waals surface area contributed by atoms with E-state index in [0.717, 1.165) is 77.0 Å². The number of allylic oxidation sites excluding steroid dienone is 8. The number of nitrogens with one attached hydrogen (secondary N) is 1. The summed E-state index contributed by atoms with van der Waals surface area (Å²) >= 11 is 0. The first-order valence-corrected chi connectivity index (χ1v) is 29.9. The lowest BCUT2D eigenvalue weighted by atomic mass is 10.0. The van der Waals surface area contributed by atoms with Crippen molar-refractivity contribution in [3.8, 4) is 0 Å². The van der Waals surface area contributed by atoms with Gasteiger partial charge in [-0.3, -0.25) is 9.59 Å². The summed E-state index contributed by atoms with van der Waals surface area (Å²) in [6, 6.07) is -0.706. The number of amides is 1. The molecule has 3 atom stereocenters. The van der Waals surface area contributed by atoms with Crippen LogP contribution in [0.2, 0.25) is 0 Å². The molecule has 68 heavy (non-hydrogen) atoms. The zero-order valence-corrected chi connectivity index (χ0v) is 45.5. The lowest BCUT2D eigenvalue weighted by molar-refractivity contribution is -0.151. The van der Waals surface area contributed by atoms with Crippen molar-refractivity contribution in [2.24, 2.45) is 0 Å². The van der Waals surface area contributed by atoms with E-state index in [9.17, 15) is 19.8 Å². The molecule has 0 aromatic carbocycles. The van der Waals surface area contributed by atoms with Crippen molar-refractivity contribution < 1.29 is 24.5 Å². The fourth-order valence-electron chi connectivity index (χ4n) is 9.08. The molecular formula is C62H115NO5. The summed E-state index contributed by atoms with van der Waals surface area (Å²) in [5.41, 5.74) is 0. The first-order valence-electron chi connectivity index (χ1n) is 29.9. The second-order valence-corrected chi connectivity index (χ2v) is 20.4. The minimum absolute atomic E-state index is 0.0708. The molecule has 0 rings (SSSR count). The van der Waals surface area contributed by atoms with Crippen LogP contribution in [-0.4, -0.2) is 46.9 Å². The predicted molar refractivity (Wildman–Crippen MR) is 296 cm³/mol. The zero-order valence-electron chi connectivity index (χ0n) is 45.5. The van der Waals surface area contributed by atoms with Crippen LogP contribution in [0.15, 0.2) is 48.6 Å². The summed E-state index contributed by atoms with van der Waals surface area (Å²) in [7, 11) is 0. The van der Waals surface area contributed by atoms with Gasteiger partial charge < -0.3 is 20.3 Å². The molecule has 0 aliphatic carbocycles. The van der Waals surface area contributed by atoms with Gasteiger partial charge in [0.1, 0.15) is 6.10 Å². The Labute approximate surface area is 423 Å². The van der Waals surface area contributed by atoms with E-state index in [0.29, 0.717) is 19.3 Å². The third-order valence-corrected chi connectivity index (χ3v) is 13.6. The van der Waals surface area contributed by atoms with Gasteiger partial charge in [0.2, 0.25) is 5.91 Å². The van der Waals surface area contributed by atoms with Gasteiger partial charge in [-0.1, -0.05) is 256 Å². The van der Waals surface area contributed by atoms with E-state index < -0.39 is 18.2 Å². The van der Waals surface area contributed by atoms with Crippen LogP contribution in [0.3, 0.4) is 0 Å². The smallest absolute Gasteiger partial charge is 0.306 e. The Balaban J connectivity index is 4.58. The summed E-state index contributed by atoms with van der Waals surface area (Å²) in [6.45, 7) is 6.48. The Bertz CT molecular complexity index is 1160. The number of hydrogen-bond acceptors (Lipinski definition) is 5. The molecule has 0 spiro atoms. The van der Waals surface area contributed by atoms with Crippen molar-refractivity contribution in [3.63, 3.8) is 0 Å². The number of aliphatic hydroxyl groups is 2. The molecular weight excluding hydrogens is 839 g/mol. The van der Waals surface area contributed by atoms with Crippen LogP contribution in [0, 0.1) is 0 Å². The van der Waals surface area contributed by atoms with Gasteiger partial charge in [0.25, 0.3) is 0 Å². The van der Waals surface area contributed by atoms with E-state index in [1.165, 1.54) is 186 Å². The van der Waals surface area contributed by atoms with E-state index in [1.54, 1.807) is 0 Å². The van der Waals surface area contributed by atoms with Crippen molar-refractivity contribution in [2.75, 3.05) is 6.61 Å². The highest BCUT2D eigenvalue weighted by Gasteiger charge is 2.24. The summed E-state index contributed by atoms with van der Waals surface area (Å²) in [5.74, 6) is -0.480. The molecule has 1 amide bonds. The largest absolute Gasteiger partial charge is 0.462 e. The van der Waals surface area contributed by atoms with E-state index in [4.69, 9.17) is 4.74 Å². The van der Waals surface area contributed by atoms with Crippen LogP contribution in [-0.2, 0) is 14.3 Å². The normalized spacial score (nSPS) is 13.4. The average molecular weight is 955 g/mol. The maximum atomic E-state index is 13.3. The number of unbranched alkanes of at least 4 members (excludes halogenated alkanes) is 34. The fraction of sp³-hybridized carbons (Fsp3) is 0.839. The summed E-state index contributed by atoms with van der Waals surface area (Å²) in [5, 5.41) is 23.9. The number of esters is 1. The lowest BCUT2D eigenvalue weighted by Gasteiger charge is -2.24. The Hall–Kier alpha value is -2.18. The van der Waals surface area contributed by atoms with E-state index >= 15 is 0 Å². The molecule has 0 fully saturated rings. The topological polar surface area (TPSA) is 95.9 Å². The summed E-state index contributed by atoms with van der Waals surface area (Å²) < 4.78 is 5.97. The van der Waals surface area contributed by atoms with Crippen molar-refractivity contribution in [3.05, 3.63) is 48.6 Å². The van der Waals surface area contributed by atoms with Crippen molar-refractivity contribution in [1.29, 1.82) is 0 Å². The van der Waals surface area contributed by atoms with Crippen LogP contribution in [0.4, 0.5) is 0 Å². The number of carbonyl (C=O) groups is 2. The molecule has 0 aromatic rings. The maximum absolute atomic E-state index is 13.3. The van der Waals surface area contributed by atoms with Gasteiger partial charge in [-0.25, -0.2) is 0 Å². The zero-order chi connectivity index (χ0) is 49.5. The number of carbonyl (C=O) groups excluding carboxylic acids is 2. The summed E-state index contributed by atoms with van der Waals surface area (Å²) in [6.07, 6.45) is 68.9. The highest BCUT2D eigenvalue weighted by molar-refractivity contribution is 5.77. The van der Waals surface area contributed by atoms with Gasteiger partial charge in [0.15, 0.2) is 0 Å². The van der Waals surface area contributed by atoms with E-state index in [2.05, 4.69) is 74.7 Å². The first-order chi connectivity index (χ1) is 33.5. The number of ether oxygens (including phenoxy) is 1. The fourth-order valence-corrected chi connectivity index (χ4v) is 9.08. The monoisotopic (exact) mass is 954 g/mol. The Morgan fingerprint density at radius 1 is 0.426 bits per heavy atom. The molecule has 0 aliphatic rings. The number of hydrogen-bond donors (Lipinski definition) is 3. The Kier molecular flexibility index (Phi) is 54.0. The number of aliphatic hydroxyl groups excluding tert-OH is 2. The Morgan fingerprint density at radius 3 is 1.18 bits per heavy atom. The molecule has 6 nitrogen and oxygen atoms in total. The third kappa shape index (κ3) is 50.2. The Morgan fingerprint density at radius 2 is 0.750 bits per heavy atom. The second-order valence-electron chi connectivity index (χ2n) is 20.4. The lowest BCUT2D eigenvalue weighted by Crippen LogP contribution is -2.46. The minimum Gasteiger partial charge on any atom is -0.462 e. The molecule has 0 bridgehead atoms. The van der Waals surface area contributed by atoms with Crippen molar-refractivity contribution in [1.82, 2.24) is 5.32 Å². The van der Waals surface area contributed by atoms with Gasteiger partial charge in [-0.2, -0.15) is 0 Å². The minimum atomic E-state index is -0.792. The molecule has 0 saturated carbocycles. The van der Waals surface area contributed by atoms with Crippen LogP contribution >= 0.6 is 0 Å². The number of rotatable bonds is 54. The molecule has 0 saturated heterocycles. The van der Waals surface area contributed by atoms with Gasteiger partial charge in [-0.15, -0.1) is 0 Å². The highest BCUT2D eigenvalue weighted by Crippen LogP contribution is 2.18. The molecule has 0 aromatic heterocycles. The molecule has 3 N–H and O–H groups in total. The quantitative estimate of drug-likeness (QED) is 0.0321. The summed E-state index contributed by atoms with van der Waals surface area (Å²) in [4.78, 5) is 26.3. The van der Waals surface area contributed by atoms with Crippen molar-refractivity contribution in [2.45, 2.75) is 328 Å². The van der Waals surface area contributed by atoms with Gasteiger partial charge in [0, 0.05) is 6.42 Å². The predicted octanol–water partition coefficient (Wildman–Crippen LogP) is 18.6. The highest BCUT2D eigenvalue weighted by atomic mass is 16.5. The SMILES string of the molecule is CCCCC/C=C\C/C=C\C/C=C\CCCCCCCCC(=O)OC(CCCCCCCCC/C=C/CCCCCCCC)CC(=O)NC(CO)C(O)CCCCCCCCCCCCCCC. The van der Waals surface area contributed by atoms with Crippen LogP contribution < -0.4 is 5.32 Å². The molecule has 0 radical (unpaired) electrons. The maximum Gasteiger partial charge on any atom is 0.306 e. The van der Waals surface area contributed by atoms with E-state index in [-0.39, 0.29) is 24.9 Å². The van der Waals surface area contributed by atoms with Crippen LogP contribution in [0.25, 0.3) is 0 Å². The average Bonchev–Trinajstić information content (AvgIpc) is 3.33. The third-order valence-electron chi connectivity index (χ3n) is 13.6. The molecule has 6 heteroatoms. The van der Waals surface area contributed by atoms with Gasteiger partial charge >= 0.3 is 5.97 Å². The molecule has 3 unspecified atom stereocenters. The van der Waals surface area contributed by atoms with E-state index in [1.807, 2.05) is 0 Å². The molecule has 398 valence electrons.